The Morgan fingerprint density at radius 1 is 0.368 bits per heavy atom. The molecule has 0 aromatic rings. The normalized spacial score (nSPS) is 12.7. The van der Waals surface area contributed by atoms with E-state index in [-0.39, 0.29) is 37.5 Å². The first-order chi connectivity index (χ1) is 28.0. The van der Waals surface area contributed by atoms with E-state index in [1.54, 1.807) is 0 Å². The third-order valence-electron chi connectivity index (χ3n) is 9.70. The highest BCUT2D eigenvalue weighted by Crippen LogP contribution is 2.13. The number of rotatable bonds is 41. The van der Waals surface area contributed by atoms with E-state index in [2.05, 4.69) is 93.7 Å². The molecule has 1 unspecified atom stereocenters. The van der Waals surface area contributed by atoms with Crippen LogP contribution in [0, 0.1) is 0 Å². The number of carbonyl (C=O) groups is 3. The van der Waals surface area contributed by atoms with Crippen molar-refractivity contribution in [1.29, 1.82) is 0 Å². The van der Waals surface area contributed by atoms with Crippen LogP contribution in [0.1, 0.15) is 213 Å². The molecule has 1 atom stereocenters. The van der Waals surface area contributed by atoms with E-state index in [1.807, 2.05) is 0 Å². The first-order valence-electron chi connectivity index (χ1n) is 23.4. The first-order valence-corrected chi connectivity index (χ1v) is 23.4. The summed E-state index contributed by atoms with van der Waals surface area (Å²) in [5.41, 5.74) is 0. The first kappa shape index (κ1) is 53.9. The maximum Gasteiger partial charge on any atom is 0.306 e. The molecule has 0 aliphatic rings. The molecule has 0 heterocycles. The number of allylic oxidation sites excluding steroid dienone is 12. The Balaban J connectivity index is 4.47. The highest BCUT2D eigenvalue weighted by molar-refractivity contribution is 5.71. The molecule has 0 aromatic carbocycles. The number of ether oxygens (including phenoxy) is 3. The molecule has 6 nitrogen and oxygen atoms in total. The number of hydrogen-bond acceptors (Lipinski definition) is 6. The van der Waals surface area contributed by atoms with Crippen molar-refractivity contribution in [2.75, 3.05) is 13.2 Å². The molecule has 0 fully saturated rings. The van der Waals surface area contributed by atoms with Crippen LogP contribution in [-0.2, 0) is 28.6 Å². The van der Waals surface area contributed by atoms with E-state index in [9.17, 15) is 14.4 Å². The van der Waals surface area contributed by atoms with Crippen molar-refractivity contribution < 1.29 is 28.6 Å². The Morgan fingerprint density at radius 2 is 0.702 bits per heavy atom. The van der Waals surface area contributed by atoms with Gasteiger partial charge >= 0.3 is 17.9 Å². The summed E-state index contributed by atoms with van der Waals surface area (Å²) in [7, 11) is 0. The zero-order valence-electron chi connectivity index (χ0n) is 37.1. The summed E-state index contributed by atoms with van der Waals surface area (Å²) in [6.07, 6.45) is 56.1. The topological polar surface area (TPSA) is 78.9 Å². The van der Waals surface area contributed by atoms with Gasteiger partial charge in [0.2, 0.25) is 0 Å². The SMILES string of the molecule is CC/C=C\C/C=C\C/C=C\C/C=C\C/C=C\CCCC(=O)OCC(COC(=O)CCCCCCCCCCC)OC(=O)CCCCC/C=C\CCCCCCCC. The summed E-state index contributed by atoms with van der Waals surface area (Å²) in [5.74, 6) is -0.982. The molecule has 0 aromatic heterocycles. The minimum atomic E-state index is -0.801. The third-order valence-corrected chi connectivity index (χ3v) is 9.70. The van der Waals surface area contributed by atoms with Crippen LogP contribution < -0.4 is 0 Å². The van der Waals surface area contributed by atoms with Gasteiger partial charge in [-0.15, -0.1) is 0 Å². The van der Waals surface area contributed by atoms with Gasteiger partial charge < -0.3 is 14.2 Å². The molecule has 0 rings (SSSR count). The minimum absolute atomic E-state index is 0.0985. The van der Waals surface area contributed by atoms with Gasteiger partial charge in [-0.3, -0.25) is 14.4 Å². The molecule has 0 aliphatic heterocycles. The van der Waals surface area contributed by atoms with Gasteiger partial charge in [0.05, 0.1) is 0 Å². The Kier molecular flexibility index (Phi) is 43.0. The van der Waals surface area contributed by atoms with Crippen molar-refractivity contribution in [3.05, 3.63) is 72.9 Å². The molecular weight excluding hydrogens is 709 g/mol. The Labute approximate surface area is 351 Å². The van der Waals surface area contributed by atoms with Crippen LogP contribution in [0.5, 0.6) is 0 Å². The quantitative estimate of drug-likeness (QED) is 0.0265. The number of esters is 3. The van der Waals surface area contributed by atoms with Crippen LogP contribution in [0.3, 0.4) is 0 Å². The lowest BCUT2D eigenvalue weighted by Gasteiger charge is -2.18. The summed E-state index contributed by atoms with van der Waals surface area (Å²) >= 11 is 0. The van der Waals surface area contributed by atoms with Crippen molar-refractivity contribution >= 4 is 17.9 Å². The van der Waals surface area contributed by atoms with E-state index in [0.29, 0.717) is 19.3 Å². The Morgan fingerprint density at radius 3 is 1.18 bits per heavy atom. The zero-order chi connectivity index (χ0) is 41.5. The van der Waals surface area contributed by atoms with Gasteiger partial charge in [-0.25, -0.2) is 0 Å². The van der Waals surface area contributed by atoms with E-state index in [1.165, 1.54) is 77.0 Å². The molecule has 0 amide bonds. The number of carbonyl (C=O) groups excluding carboxylic acids is 3. The standard InChI is InChI=1S/C51H86O6/c1-4-7-10-13-16-19-21-23-24-25-26-28-29-32-35-38-41-44-50(53)56-47-48(46-55-49(52)43-40-37-34-31-18-15-12-9-6-3)57-51(54)45-42-39-36-33-30-27-22-20-17-14-11-8-5-2/h7,10,16,19,23-24,26-28,30,32,35,48H,4-6,8-9,11-15,17-18,20-22,25,29,31,33-34,36-47H2,1-3H3/b10-7-,19-16-,24-23-,28-26-,30-27-,35-32-. The third kappa shape index (κ3) is 43.8. The zero-order valence-corrected chi connectivity index (χ0v) is 37.1. The van der Waals surface area contributed by atoms with Crippen molar-refractivity contribution in [3.8, 4) is 0 Å². The molecule has 57 heavy (non-hydrogen) atoms. The molecule has 0 aliphatic carbocycles. The highest BCUT2D eigenvalue weighted by Gasteiger charge is 2.19. The van der Waals surface area contributed by atoms with E-state index >= 15 is 0 Å². The van der Waals surface area contributed by atoms with Crippen LogP contribution in [0.15, 0.2) is 72.9 Å². The van der Waals surface area contributed by atoms with Crippen molar-refractivity contribution in [2.24, 2.45) is 0 Å². The Hall–Kier alpha value is -3.15. The monoisotopic (exact) mass is 795 g/mol. The lowest BCUT2D eigenvalue weighted by atomic mass is 10.1. The molecule has 0 saturated heterocycles. The van der Waals surface area contributed by atoms with Crippen LogP contribution in [0.4, 0.5) is 0 Å². The van der Waals surface area contributed by atoms with Gasteiger partial charge in [-0.1, -0.05) is 184 Å². The van der Waals surface area contributed by atoms with E-state index in [4.69, 9.17) is 14.2 Å². The smallest absolute Gasteiger partial charge is 0.306 e. The largest absolute Gasteiger partial charge is 0.462 e. The maximum atomic E-state index is 12.7. The summed E-state index contributed by atoms with van der Waals surface area (Å²) in [6, 6.07) is 0. The van der Waals surface area contributed by atoms with Crippen LogP contribution in [0.2, 0.25) is 0 Å². The van der Waals surface area contributed by atoms with Crippen molar-refractivity contribution in [1.82, 2.24) is 0 Å². The van der Waals surface area contributed by atoms with Crippen LogP contribution in [-0.4, -0.2) is 37.2 Å². The highest BCUT2D eigenvalue weighted by atomic mass is 16.6. The Bertz CT molecular complexity index is 1100. The van der Waals surface area contributed by atoms with Gasteiger partial charge in [-0.2, -0.15) is 0 Å². The average molecular weight is 795 g/mol. The maximum absolute atomic E-state index is 12.7. The minimum Gasteiger partial charge on any atom is -0.462 e. The second-order valence-corrected chi connectivity index (χ2v) is 15.3. The fourth-order valence-corrected chi connectivity index (χ4v) is 6.18. The second-order valence-electron chi connectivity index (χ2n) is 15.3. The van der Waals surface area contributed by atoms with Crippen molar-refractivity contribution in [3.63, 3.8) is 0 Å². The average Bonchev–Trinajstić information content (AvgIpc) is 3.21. The summed E-state index contributed by atoms with van der Waals surface area (Å²) in [6.45, 7) is 6.42. The van der Waals surface area contributed by atoms with E-state index < -0.39 is 6.10 Å². The summed E-state index contributed by atoms with van der Waals surface area (Å²) < 4.78 is 16.6. The molecule has 6 heteroatoms. The van der Waals surface area contributed by atoms with E-state index in [0.717, 1.165) is 89.9 Å². The van der Waals surface area contributed by atoms with Gasteiger partial charge in [0, 0.05) is 19.3 Å². The van der Waals surface area contributed by atoms with Crippen LogP contribution in [0.25, 0.3) is 0 Å². The fourth-order valence-electron chi connectivity index (χ4n) is 6.18. The van der Waals surface area contributed by atoms with Crippen LogP contribution >= 0.6 is 0 Å². The van der Waals surface area contributed by atoms with Gasteiger partial charge in [0.15, 0.2) is 6.10 Å². The molecule has 0 N–H and O–H groups in total. The predicted octanol–water partition coefficient (Wildman–Crippen LogP) is 15.1. The fraction of sp³-hybridized carbons (Fsp3) is 0.706. The molecular formula is C51H86O6. The molecule has 0 saturated carbocycles. The molecule has 326 valence electrons. The van der Waals surface area contributed by atoms with Crippen molar-refractivity contribution in [2.45, 2.75) is 219 Å². The lowest BCUT2D eigenvalue weighted by Crippen LogP contribution is -2.30. The lowest BCUT2D eigenvalue weighted by molar-refractivity contribution is -0.167. The molecule has 0 spiro atoms. The van der Waals surface area contributed by atoms with Gasteiger partial charge in [0.25, 0.3) is 0 Å². The van der Waals surface area contributed by atoms with Gasteiger partial charge in [0.1, 0.15) is 13.2 Å². The predicted molar refractivity (Wildman–Crippen MR) is 242 cm³/mol. The number of unbranched alkanes of at least 4 members (excludes halogenated alkanes) is 18. The van der Waals surface area contributed by atoms with Gasteiger partial charge in [-0.05, 0) is 83.5 Å². The second kappa shape index (κ2) is 45.6. The summed E-state index contributed by atoms with van der Waals surface area (Å²) in [4.78, 5) is 37.7. The molecule has 0 radical (unpaired) electrons. The summed E-state index contributed by atoms with van der Waals surface area (Å²) in [5, 5.41) is 0. The number of hydrogen-bond donors (Lipinski definition) is 0. The molecule has 0 bridgehead atoms.